The minimum absolute atomic E-state index is 0.420. The first-order valence-electron chi connectivity index (χ1n) is 7.62. The quantitative estimate of drug-likeness (QED) is 0.868. The van der Waals surface area contributed by atoms with Gasteiger partial charge in [-0.05, 0) is 32.1 Å². The number of aromatic nitrogens is 1. The Morgan fingerprint density at radius 3 is 2.86 bits per heavy atom. The number of nitrogens with one attached hydrogen (secondary N) is 1. The second-order valence-corrected chi connectivity index (χ2v) is 8.76. The van der Waals surface area contributed by atoms with Crippen LogP contribution in [-0.4, -0.2) is 37.3 Å². The number of hydrogen-bond acceptors (Lipinski definition) is 4. The van der Waals surface area contributed by atoms with Crippen LogP contribution in [0.4, 0.5) is 0 Å². The number of hydrogen-bond donors (Lipinski definition) is 1. The maximum absolute atomic E-state index is 12.2. The summed E-state index contributed by atoms with van der Waals surface area (Å²) in [6, 6.07) is 0. The summed E-state index contributed by atoms with van der Waals surface area (Å²) in [5.41, 5.74) is 1.13. The molecule has 0 saturated carbocycles. The molecule has 0 spiro atoms. The highest BCUT2D eigenvalue weighted by atomic mass is 32.2. The Hall–Kier alpha value is -0.500. The molecule has 0 amide bonds. The summed E-state index contributed by atoms with van der Waals surface area (Å²) in [6.45, 7) is 7.95. The van der Waals surface area contributed by atoms with Gasteiger partial charge in [0.05, 0.1) is 10.7 Å². The van der Waals surface area contributed by atoms with Crippen molar-refractivity contribution in [3.05, 3.63) is 15.6 Å². The molecule has 1 aromatic rings. The summed E-state index contributed by atoms with van der Waals surface area (Å²) in [5.74, 6) is 0.448. The van der Waals surface area contributed by atoms with Gasteiger partial charge >= 0.3 is 0 Å². The van der Waals surface area contributed by atoms with Crippen molar-refractivity contribution in [2.24, 2.45) is 5.92 Å². The third kappa shape index (κ3) is 4.48. The van der Waals surface area contributed by atoms with E-state index in [1.165, 1.54) is 4.88 Å². The monoisotopic (exact) mass is 331 g/mol. The number of aryl methyl sites for hydroxylation is 2. The fraction of sp³-hybridized carbons (Fsp3) is 0.786. The van der Waals surface area contributed by atoms with Crippen molar-refractivity contribution >= 4 is 21.5 Å². The van der Waals surface area contributed by atoms with Crippen molar-refractivity contribution in [3.8, 4) is 0 Å². The third-order valence-corrected chi connectivity index (χ3v) is 6.51. The van der Waals surface area contributed by atoms with Gasteiger partial charge in [0.15, 0.2) is 0 Å². The van der Waals surface area contributed by atoms with E-state index in [0.29, 0.717) is 32.0 Å². The minimum atomic E-state index is -3.34. The molecule has 2 rings (SSSR count). The zero-order valence-corrected chi connectivity index (χ0v) is 14.7. The van der Waals surface area contributed by atoms with E-state index in [-0.39, 0.29) is 0 Å². The van der Waals surface area contributed by atoms with Crippen molar-refractivity contribution in [1.29, 1.82) is 0 Å². The Labute approximate surface area is 132 Å². The van der Waals surface area contributed by atoms with Crippen LogP contribution in [0.25, 0.3) is 0 Å². The van der Waals surface area contributed by atoms with Crippen molar-refractivity contribution in [2.75, 3.05) is 19.6 Å². The minimum Gasteiger partial charge on any atom is -0.246 e. The number of piperidine rings is 1. The lowest BCUT2D eigenvalue weighted by Gasteiger charge is -2.29. The molecule has 1 atom stereocenters. The Bertz CT molecular complexity index is 569. The lowest BCUT2D eigenvalue weighted by atomic mass is 10.0. The van der Waals surface area contributed by atoms with Crippen LogP contribution < -0.4 is 4.72 Å². The first-order valence-corrected chi connectivity index (χ1v) is 9.88. The van der Waals surface area contributed by atoms with E-state index in [9.17, 15) is 8.42 Å². The fourth-order valence-corrected chi connectivity index (χ4v) is 5.05. The standard InChI is InChI=1S/C14H25N3O2S2/c1-4-13-12(3)20-14(16-13)7-8-15-21(18,19)17-9-5-6-11(2)10-17/h11,15H,4-10H2,1-3H3/t11-/m1/s1. The largest absolute Gasteiger partial charge is 0.279 e. The predicted octanol–water partition coefficient (Wildman–Crippen LogP) is 2.12. The van der Waals surface area contributed by atoms with Crippen LogP contribution in [0.2, 0.25) is 0 Å². The summed E-state index contributed by atoms with van der Waals surface area (Å²) in [6.07, 6.45) is 3.66. The molecule has 1 aliphatic rings. The first-order chi connectivity index (χ1) is 9.92. The highest BCUT2D eigenvalue weighted by molar-refractivity contribution is 7.87. The first kappa shape index (κ1) is 16.9. The zero-order chi connectivity index (χ0) is 15.5. The van der Waals surface area contributed by atoms with Gasteiger partial charge in [-0.2, -0.15) is 12.7 Å². The maximum atomic E-state index is 12.2. The van der Waals surface area contributed by atoms with Crippen LogP contribution in [0.1, 0.15) is 42.3 Å². The summed E-state index contributed by atoms with van der Waals surface area (Å²) in [7, 11) is -3.34. The molecule has 0 bridgehead atoms. The van der Waals surface area contributed by atoms with Gasteiger partial charge in [-0.25, -0.2) is 9.71 Å². The van der Waals surface area contributed by atoms with Gasteiger partial charge in [0, 0.05) is 30.9 Å². The fourth-order valence-electron chi connectivity index (χ4n) is 2.67. The lowest BCUT2D eigenvalue weighted by molar-refractivity contribution is 0.278. The van der Waals surface area contributed by atoms with E-state index in [4.69, 9.17) is 0 Å². The van der Waals surface area contributed by atoms with Crippen LogP contribution in [0.15, 0.2) is 0 Å². The van der Waals surface area contributed by atoms with Crippen molar-refractivity contribution < 1.29 is 8.42 Å². The molecule has 0 radical (unpaired) electrons. The Morgan fingerprint density at radius 1 is 1.48 bits per heavy atom. The maximum Gasteiger partial charge on any atom is 0.279 e. The van der Waals surface area contributed by atoms with Gasteiger partial charge in [0.2, 0.25) is 0 Å². The van der Waals surface area contributed by atoms with Crippen molar-refractivity contribution in [3.63, 3.8) is 0 Å². The van der Waals surface area contributed by atoms with Gasteiger partial charge in [0.25, 0.3) is 10.2 Å². The molecule has 5 nitrogen and oxygen atoms in total. The van der Waals surface area contributed by atoms with Crippen LogP contribution in [0, 0.1) is 12.8 Å². The molecule has 1 N–H and O–H groups in total. The second-order valence-electron chi connectivity index (χ2n) is 5.72. The third-order valence-electron chi connectivity index (χ3n) is 3.85. The Balaban J connectivity index is 1.86. The topological polar surface area (TPSA) is 62.3 Å². The van der Waals surface area contributed by atoms with Gasteiger partial charge in [-0.15, -0.1) is 11.3 Å². The summed E-state index contributed by atoms with van der Waals surface area (Å²) >= 11 is 1.67. The second kappa shape index (κ2) is 7.17. The molecule has 120 valence electrons. The van der Waals surface area contributed by atoms with E-state index >= 15 is 0 Å². The smallest absolute Gasteiger partial charge is 0.246 e. The molecule has 0 aliphatic carbocycles. The molecule has 1 aromatic heterocycles. The molecule has 1 fully saturated rings. The average molecular weight is 332 g/mol. The van der Waals surface area contributed by atoms with Crippen molar-refractivity contribution in [1.82, 2.24) is 14.0 Å². The van der Waals surface area contributed by atoms with Crippen LogP contribution >= 0.6 is 11.3 Å². The van der Waals surface area contributed by atoms with Gasteiger partial charge in [0.1, 0.15) is 0 Å². The Kier molecular flexibility index (Phi) is 5.76. The van der Waals surface area contributed by atoms with E-state index in [0.717, 1.165) is 30.0 Å². The van der Waals surface area contributed by atoms with Gasteiger partial charge in [-0.3, -0.25) is 0 Å². The molecule has 7 heteroatoms. The highest BCUT2D eigenvalue weighted by Gasteiger charge is 2.26. The molecule has 2 heterocycles. The predicted molar refractivity (Wildman–Crippen MR) is 86.8 cm³/mol. The summed E-state index contributed by atoms with van der Waals surface area (Å²) in [4.78, 5) is 5.78. The lowest BCUT2D eigenvalue weighted by Crippen LogP contribution is -2.46. The van der Waals surface area contributed by atoms with E-state index in [1.807, 2.05) is 0 Å². The normalized spacial score (nSPS) is 20.8. The van der Waals surface area contributed by atoms with E-state index in [1.54, 1.807) is 15.6 Å². The molecule has 0 unspecified atom stereocenters. The molecule has 0 aromatic carbocycles. The van der Waals surface area contributed by atoms with Crippen LogP contribution in [0.3, 0.4) is 0 Å². The highest BCUT2D eigenvalue weighted by Crippen LogP contribution is 2.19. The van der Waals surface area contributed by atoms with Crippen LogP contribution in [0.5, 0.6) is 0 Å². The number of thiazole rings is 1. The average Bonchev–Trinajstić information content (AvgIpc) is 2.79. The summed E-state index contributed by atoms with van der Waals surface area (Å²) < 4.78 is 28.8. The molecular weight excluding hydrogens is 306 g/mol. The summed E-state index contributed by atoms with van der Waals surface area (Å²) in [5, 5.41) is 1.01. The molecule has 1 aliphatic heterocycles. The van der Waals surface area contributed by atoms with Gasteiger partial charge in [-0.1, -0.05) is 13.8 Å². The zero-order valence-electron chi connectivity index (χ0n) is 13.1. The molecular formula is C14H25N3O2S2. The van der Waals surface area contributed by atoms with E-state index in [2.05, 4.69) is 30.5 Å². The molecule has 21 heavy (non-hydrogen) atoms. The van der Waals surface area contributed by atoms with Gasteiger partial charge < -0.3 is 0 Å². The van der Waals surface area contributed by atoms with E-state index < -0.39 is 10.2 Å². The number of rotatable bonds is 6. The SMILES string of the molecule is CCc1nc(CCNS(=O)(=O)N2CCC[C@@H](C)C2)sc1C. The molecule has 1 saturated heterocycles. The Morgan fingerprint density at radius 2 is 2.24 bits per heavy atom. The number of nitrogens with zero attached hydrogens (tertiary/aromatic N) is 2. The van der Waals surface area contributed by atoms with Crippen molar-refractivity contribution in [2.45, 2.75) is 46.5 Å². The van der Waals surface area contributed by atoms with Crippen LogP contribution in [-0.2, 0) is 23.1 Å².